The Morgan fingerprint density at radius 2 is 1.16 bits per heavy atom. The Balaban J connectivity index is 3.95. The summed E-state index contributed by atoms with van der Waals surface area (Å²) in [5.74, 6) is -4.09. The standard InChI is InChI=1S/C28H49N3O12/c1-19(2)21(32)17-42-15-13-41-12-10-30-23(34)18-43-16-14-40-11-9-29-22(33)8-7-20(24(35)36)31-25(37)27(3,4)28(5,6)26(38)39/h19-20H,7-18H2,1-6H3,(H,29,33)(H,30,34)(H,31,37)(H,35,36)(H,38,39). The van der Waals surface area contributed by atoms with Crippen LogP contribution in [0.2, 0.25) is 0 Å². The zero-order valence-electron chi connectivity index (χ0n) is 26.1. The molecule has 0 saturated carbocycles. The second-order valence-corrected chi connectivity index (χ2v) is 11.1. The molecule has 1 unspecified atom stereocenters. The van der Waals surface area contributed by atoms with Crippen molar-refractivity contribution in [3.63, 3.8) is 0 Å². The lowest BCUT2D eigenvalue weighted by Gasteiger charge is -2.37. The van der Waals surface area contributed by atoms with Crippen LogP contribution in [0.3, 0.4) is 0 Å². The van der Waals surface area contributed by atoms with E-state index in [0.29, 0.717) is 19.8 Å². The number of carboxylic acids is 2. The van der Waals surface area contributed by atoms with E-state index < -0.39 is 40.6 Å². The topological polar surface area (TPSA) is 216 Å². The van der Waals surface area contributed by atoms with E-state index in [1.54, 1.807) is 13.8 Å². The molecule has 0 aliphatic heterocycles. The molecule has 248 valence electrons. The number of Topliss-reactive ketones (excluding diaryl/α,β-unsaturated/α-hetero) is 1. The third kappa shape index (κ3) is 16.3. The fourth-order valence-electron chi connectivity index (χ4n) is 3.03. The number of ether oxygens (including phenoxy) is 4. The van der Waals surface area contributed by atoms with Gasteiger partial charge in [-0.1, -0.05) is 13.8 Å². The summed E-state index contributed by atoms with van der Waals surface area (Å²) < 4.78 is 21.0. The molecule has 0 heterocycles. The normalized spacial score (nSPS) is 12.4. The SMILES string of the molecule is CC(C)C(=O)COCCOCCNC(=O)COCCOCCNC(=O)CCC(NC(=O)C(C)(C)C(C)(C)C(=O)O)C(=O)O. The number of carbonyl (C=O) groups is 6. The molecule has 5 N–H and O–H groups in total. The second kappa shape index (κ2) is 20.7. The molecule has 0 fully saturated rings. The van der Waals surface area contributed by atoms with Crippen LogP contribution in [-0.4, -0.2) is 118 Å². The van der Waals surface area contributed by atoms with Crippen LogP contribution < -0.4 is 16.0 Å². The Morgan fingerprint density at radius 3 is 1.65 bits per heavy atom. The Bertz CT molecular complexity index is 921. The van der Waals surface area contributed by atoms with Crippen LogP contribution in [0.1, 0.15) is 54.4 Å². The maximum absolute atomic E-state index is 12.7. The number of hydrogen-bond acceptors (Lipinski definition) is 10. The fourth-order valence-corrected chi connectivity index (χ4v) is 3.03. The Hall–Kier alpha value is -3.14. The summed E-state index contributed by atoms with van der Waals surface area (Å²) in [4.78, 5) is 71.0. The van der Waals surface area contributed by atoms with Crippen molar-refractivity contribution in [3.8, 4) is 0 Å². The number of carbonyl (C=O) groups excluding carboxylic acids is 4. The maximum Gasteiger partial charge on any atom is 0.326 e. The van der Waals surface area contributed by atoms with Crippen LogP contribution in [0.15, 0.2) is 0 Å². The summed E-state index contributed by atoms with van der Waals surface area (Å²) >= 11 is 0. The Morgan fingerprint density at radius 1 is 0.674 bits per heavy atom. The first-order valence-corrected chi connectivity index (χ1v) is 14.2. The number of carboxylic acid groups (broad SMARTS) is 2. The number of nitrogens with one attached hydrogen (secondary N) is 3. The van der Waals surface area contributed by atoms with Crippen LogP contribution in [0.25, 0.3) is 0 Å². The molecule has 0 aliphatic carbocycles. The van der Waals surface area contributed by atoms with Crippen molar-refractivity contribution in [2.24, 2.45) is 16.7 Å². The van der Waals surface area contributed by atoms with E-state index in [1.165, 1.54) is 27.7 Å². The van der Waals surface area contributed by atoms with Gasteiger partial charge in [-0.15, -0.1) is 0 Å². The number of rotatable bonds is 25. The van der Waals surface area contributed by atoms with Gasteiger partial charge in [0.25, 0.3) is 0 Å². The average molecular weight is 620 g/mol. The summed E-state index contributed by atoms with van der Waals surface area (Å²) in [6, 6.07) is -1.37. The number of hydrogen-bond donors (Lipinski definition) is 5. The number of ketones is 1. The smallest absolute Gasteiger partial charge is 0.326 e. The van der Waals surface area contributed by atoms with Crippen LogP contribution >= 0.6 is 0 Å². The predicted molar refractivity (Wildman–Crippen MR) is 153 cm³/mol. The zero-order chi connectivity index (χ0) is 33.1. The van der Waals surface area contributed by atoms with E-state index in [1.807, 2.05) is 0 Å². The van der Waals surface area contributed by atoms with E-state index in [2.05, 4.69) is 16.0 Å². The first-order valence-electron chi connectivity index (χ1n) is 14.2. The first-order chi connectivity index (χ1) is 20.0. The largest absolute Gasteiger partial charge is 0.481 e. The predicted octanol–water partition coefficient (Wildman–Crippen LogP) is -0.00310. The lowest BCUT2D eigenvalue weighted by Crippen LogP contribution is -2.54. The molecule has 0 aromatic rings. The van der Waals surface area contributed by atoms with E-state index in [-0.39, 0.29) is 76.6 Å². The third-order valence-electron chi connectivity index (χ3n) is 6.93. The molecule has 15 nitrogen and oxygen atoms in total. The van der Waals surface area contributed by atoms with Crippen molar-refractivity contribution in [2.75, 3.05) is 65.9 Å². The fraction of sp³-hybridized carbons (Fsp3) is 0.786. The van der Waals surface area contributed by atoms with Gasteiger partial charge in [0.2, 0.25) is 17.7 Å². The van der Waals surface area contributed by atoms with Crippen molar-refractivity contribution < 1.29 is 57.9 Å². The molecule has 0 aliphatic rings. The van der Waals surface area contributed by atoms with Gasteiger partial charge in [-0.2, -0.15) is 0 Å². The molecular weight excluding hydrogens is 570 g/mol. The third-order valence-corrected chi connectivity index (χ3v) is 6.93. The Kier molecular flexibility index (Phi) is 19.2. The summed E-state index contributed by atoms with van der Waals surface area (Å²) in [7, 11) is 0. The molecule has 15 heteroatoms. The van der Waals surface area contributed by atoms with Crippen LogP contribution in [0.4, 0.5) is 0 Å². The van der Waals surface area contributed by atoms with Crippen LogP contribution in [0.5, 0.6) is 0 Å². The molecular formula is C28H49N3O12. The van der Waals surface area contributed by atoms with Gasteiger partial charge < -0.3 is 45.1 Å². The molecule has 3 amide bonds. The highest BCUT2D eigenvalue weighted by Gasteiger charge is 2.49. The average Bonchev–Trinajstić information content (AvgIpc) is 2.92. The van der Waals surface area contributed by atoms with Gasteiger partial charge in [-0.3, -0.25) is 24.0 Å². The summed E-state index contributed by atoms with van der Waals surface area (Å²) in [6.07, 6.45) is -0.370. The van der Waals surface area contributed by atoms with E-state index in [4.69, 9.17) is 18.9 Å². The molecule has 0 rings (SSSR count). The van der Waals surface area contributed by atoms with Crippen molar-refractivity contribution >= 4 is 35.4 Å². The van der Waals surface area contributed by atoms with Gasteiger partial charge >= 0.3 is 11.9 Å². The molecule has 0 aromatic carbocycles. The summed E-state index contributed by atoms with van der Waals surface area (Å²) in [5.41, 5.74) is -2.87. The lowest BCUT2D eigenvalue weighted by atomic mass is 9.67. The first kappa shape index (κ1) is 39.9. The lowest BCUT2D eigenvalue weighted by molar-refractivity contribution is -0.160. The summed E-state index contributed by atoms with van der Waals surface area (Å²) in [6.45, 7) is 10.9. The zero-order valence-corrected chi connectivity index (χ0v) is 26.1. The molecule has 43 heavy (non-hydrogen) atoms. The second-order valence-electron chi connectivity index (χ2n) is 11.1. The van der Waals surface area contributed by atoms with E-state index in [9.17, 15) is 39.0 Å². The molecule has 0 bridgehead atoms. The van der Waals surface area contributed by atoms with E-state index >= 15 is 0 Å². The quantitative estimate of drug-likeness (QED) is 0.0854. The van der Waals surface area contributed by atoms with E-state index in [0.717, 1.165) is 0 Å². The highest BCUT2D eigenvalue weighted by molar-refractivity contribution is 5.92. The molecule has 1 atom stereocenters. The monoisotopic (exact) mass is 619 g/mol. The minimum absolute atomic E-state index is 0.0277. The molecule has 0 radical (unpaired) electrons. The van der Waals surface area contributed by atoms with Gasteiger partial charge in [-0.05, 0) is 34.1 Å². The van der Waals surface area contributed by atoms with Gasteiger partial charge in [0.05, 0.1) is 50.5 Å². The number of amides is 3. The Labute approximate surface area is 252 Å². The van der Waals surface area contributed by atoms with Crippen molar-refractivity contribution in [1.29, 1.82) is 0 Å². The highest BCUT2D eigenvalue weighted by Crippen LogP contribution is 2.39. The van der Waals surface area contributed by atoms with Gasteiger partial charge in [-0.25, -0.2) is 4.79 Å². The minimum atomic E-state index is -1.46. The minimum Gasteiger partial charge on any atom is -0.481 e. The van der Waals surface area contributed by atoms with Crippen LogP contribution in [0, 0.1) is 16.7 Å². The maximum atomic E-state index is 12.7. The molecule has 0 spiro atoms. The van der Waals surface area contributed by atoms with Crippen LogP contribution in [-0.2, 0) is 47.7 Å². The number of aliphatic carboxylic acids is 2. The summed E-state index contributed by atoms with van der Waals surface area (Å²) in [5, 5.41) is 26.4. The molecule has 0 saturated heterocycles. The van der Waals surface area contributed by atoms with Crippen molar-refractivity contribution in [1.82, 2.24) is 16.0 Å². The van der Waals surface area contributed by atoms with Gasteiger partial charge in [0, 0.05) is 25.4 Å². The molecule has 0 aromatic heterocycles. The van der Waals surface area contributed by atoms with Crippen molar-refractivity contribution in [2.45, 2.75) is 60.4 Å². The highest BCUT2D eigenvalue weighted by atomic mass is 16.5. The van der Waals surface area contributed by atoms with Gasteiger partial charge in [0.1, 0.15) is 19.3 Å². The van der Waals surface area contributed by atoms with Crippen molar-refractivity contribution in [3.05, 3.63) is 0 Å². The van der Waals surface area contributed by atoms with Gasteiger partial charge in [0.15, 0.2) is 5.78 Å².